The number of anilines is 1. The van der Waals surface area contributed by atoms with E-state index < -0.39 is 0 Å². The lowest BCUT2D eigenvalue weighted by molar-refractivity contribution is 0.112. The first-order valence-corrected chi connectivity index (χ1v) is 4.47. The van der Waals surface area contributed by atoms with Gasteiger partial charge < -0.3 is 5.73 Å². The van der Waals surface area contributed by atoms with E-state index in [0.29, 0.717) is 11.3 Å². The molecule has 70 valence electrons. The lowest BCUT2D eigenvalue weighted by Crippen LogP contribution is -1.92. The van der Waals surface area contributed by atoms with Crippen LogP contribution in [0.2, 0.25) is 0 Å². The van der Waals surface area contributed by atoms with Crippen molar-refractivity contribution >= 4 is 22.7 Å². The molecule has 0 unspecified atom stereocenters. The van der Waals surface area contributed by atoms with Crippen molar-refractivity contribution in [3.63, 3.8) is 0 Å². The highest BCUT2D eigenvalue weighted by Gasteiger charge is 2.04. The second-order valence-electron chi connectivity index (χ2n) is 3.36. The second-order valence-corrected chi connectivity index (χ2v) is 3.36. The van der Waals surface area contributed by atoms with E-state index in [-0.39, 0.29) is 0 Å². The molecule has 0 aromatic heterocycles. The lowest BCUT2D eigenvalue weighted by Gasteiger charge is -2.06. The highest BCUT2D eigenvalue weighted by molar-refractivity contribution is 6.04. The first-order valence-electron chi connectivity index (χ1n) is 4.47. The van der Waals surface area contributed by atoms with Gasteiger partial charge in [0.15, 0.2) is 6.29 Å². The molecular weight excluding hydrogens is 174 g/mol. The van der Waals surface area contributed by atoms with E-state index in [0.717, 1.165) is 22.6 Å². The molecule has 2 N–H and O–H groups in total. The van der Waals surface area contributed by atoms with E-state index >= 15 is 0 Å². The third kappa shape index (κ3) is 1.16. The molecule has 2 aromatic carbocycles. The number of nitrogen functional groups attached to an aromatic ring is 1. The zero-order chi connectivity index (χ0) is 10.1. The summed E-state index contributed by atoms with van der Waals surface area (Å²) in [7, 11) is 0. The van der Waals surface area contributed by atoms with Gasteiger partial charge in [0.05, 0.1) is 0 Å². The van der Waals surface area contributed by atoms with Crippen molar-refractivity contribution in [2.75, 3.05) is 5.73 Å². The number of aryl methyl sites for hydroxylation is 1. The highest BCUT2D eigenvalue weighted by Crippen LogP contribution is 2.26. The molecule has 14 heavy (non-hydrogen) atoms. The maximum absolute atomic E-state index is 10.8. The van der Waals surface area contributed by atoms with Crippen LogP contribution in [-0.4, -0.2) is 6.29 Å². The van der Waals surface area contributed by atoms with Crippen LogP contribution in [0.4, 0.5) is 5.69 Å². The summed E-state index contributed by atoms with van der Waals surface area (Å²) in [4.78, 5) is 10.8. The van der Waals surface area contributed by atoms with Crippen LogP contribution in [0.3, 0.4) is 0 Å². The van der Waals surface area contributed by atoms with Gasteiger partial charge in [-0.1, -0.05) is 18.2 Å². The van der Waals surface area contributed by atoms with Gasteiger partial charge in [0, 0.05) is 16.6 Å². The molecule has 0 saturated carbocycles. The molecule has 0 heterocycles. The van der Waals surface area contributed by atoms with Crippen LogP contribution in [0, 0.1) is 6.92 Å². The van der Waals surface area contributed by atoms with E-state index in [1.165, 1.54) is 0 Å². The first kappa shape index (κ1) is 8.75. The fourth-order valence-corrected chi connectivity index (χ4v) is 1.74. The van der Waals surface area contributed by atoms with Crippen LogP contribution in [0.5, 0.6) is 0 Å². The van der Waals surface area contributed by atoms with Gasteiger partial charge in [0.1, 0.15) is 0 Å². The third-order valence-electron chi connectivity index (χ3n) is 2.44. The average molecular weight is 185 g/mol. The Kier molecular flexibility index (Phi) is 1.97. The maximum atomic E-state index is 10.8. The molecule has 0 spiro atoms. The van der Waals surface area contributed by atoms with Gasteiger partial charge >= 0.3 is 0 Å². The minimum atomic E-state index is 0.701. The molecule has 0 aliphatic rings. The van der Waals surface area contributed by atoms with Crippen molar-refractivity contribution in [2.45, 2.75) is 6.92 Å². The SMILES string of the molecule is Cc1cccc2c(N)ccc(C=O)c12. The standard InChI is InChI=1S/C12H11NO/c1-8-3-2-4-10-11(13)6-5-9(7-14)12(8)10/h2-7H,13H2,1H3. The Labute approximate surface area is 82.3 Å². The molecular formula is C12H11NO. The maximum Gasteiger partial charge on any atom is 0.150 e. The Bertz CT molecular complexity index is 503. The quantitative estimate of drug-likeness (QED) is 0.548. The number of carbonyl (C=O) groups excluding carboxylic acids is 1. The monoisotopic (exact) mass is 185 g/mol. The summed E-state index contributed by atoms with van der Waals surface area (Å²) in [5.74, 6) is 0. The lowest BCUT2D eigenvalue weighted by atomic mass is 9.99. The summed E-state index contributed by atoms with van der Waals surface area (Å²) >= 11 is 0. The Balaban J connectivity index is 2.99. The van der Waals surface area contributed by atoms with E-state index in [9.17, 15) is 4.79 Å². The van der Waals surface area contributed by atoms with E-state index in [1.807, 2.05) is 25.1 Å². The van der Waals surface area contributed by atoms with Crippen molar-refractivity contribution in [3.05, 3.63) is 41.5 Å². The van der Waals surface area contributed by atoms with Gasteiger partial charge in [0.25, 0.3) is 0 Å². The minimum Gasteiger partial charge on any atom is -0.398 e. The predicted octanol–water partition coefficient (Wildman–Crippen LogP) is 2.54. The van der Waals surface area contributed by atoms with Crippen molar-refractivity contribution in [2.24, 2.45) is 0 Å². The van der Waals surface area contributed by atoms with Crippen molar-refractivity contribution < 1.29 is 4.79 Å². The molecule has 0 fully saturated rings. The third-order valence-corrected chi connectivity index (χ3v) is 2.44. The Morgan fingerprint density at radius 2 is 2.00 bits per heavy atom. The summed E-state index contributed by atoms with van der Waals surface area (Å²) < 4.78 is 0. The molecule has 0 saturated heterocycles. The number of hydrogen-bond acceptors (Lipinski definition) is 2. The van der Waals surface area contributed by atoms with E-state index in [4.69, 9.17) is 5.73 Å². The fraction of sp³-hybridized carbons (Fsp3) is 0.0833. The predicted molar refractivity (Wildman–Crippen MR) is 58.5 cm³/mol. The minimum absolute atomic E-state index is 0.701. The topological polar surface area (TPSA) is 43.1 Å². The normalized spacial score (nSPS) is 10.4. The summed E-state index contributed by atoms with van der Waals surface area (Å²) in [6.45, 7) is 1.98. The van der Waals surface area contributed by atoms with Crippen LogP contribution >= 0.6 is 0 Å². The number of benzene rings is 2. The molecule has 0 aliphatic heterocycles. The number of carbonyl (C=O) groups is 1. The van der Waals surface area contributed by atoms with Crippen molar-refractivity contribution in [3.8, 4) is 0 Å². The number of rotatable bonds is 1. The van der Waals surface area contributed by atoms with Crippen LogP contribution in [0.15, 0.2) is 30.3 Å². The number of fused-ring (bicyclic) bond motifs is 1. The van der Waals surface area contributed by atoms with Crippen LogP contribution < -0.4 is 5.73 Å². The molecule has 0 radical (unpaired) electrons. The molecule has 2 rings (SSSR count). The molecule has 0 atom stereocenters. The Morgan fingerprint density at radius 3 is 2.71 bits per heavy atom. The molecule has 2 nitrogen and oxygen atoms in total. The molecule has 0 amide bonds. The second kappa shape index (κ2) is 3.14. The first-order chi connectivity index (χ1) is 6.74. The Morgan fingerprint density at radius 1 is 1.21 bits per heavy atom. The molecule has 0 bridgehead atoms. The van der Waals surface area contributed by atoms with E-state index in [1.54, 1.807) is 12.1 Å². The molecule has 2 aromatic rings. The van der Waals surface area contributed by atoms with Crippen LogP contribution in [-0.2, 0) is 0 Å². The summed E-state index contributed by atoms with van der Waals surface area (Å²) in [6.07, 6.45) is 0.870. The van der Waals surface area contributed by atoms with Gasteiger partial charge in [-0.05, 0) is 30.0 Å². The smallest absolute Gasteiger partial charge is 0.150 e. The number of nitrogens with two attached hydrogens (primary N) is 1. The van der Waals surface area contributed by atoms with Gasteiger partial charge in [0.2, 0.25) is 0 Å². The van der Waals surface area contributed by atoms with Crippen LogP contribution in [0.1, 0.15) is 15.9 Å². The van der Waals surface area contributed by atoms with Gasteiger partial charge in [-0.25, -0.2) is 0 Å². The molecule has 0 aliphatic carbocycles. The largest absolute Gasteiger partial charge is 0.398 e. The average Bonchev–Trinajstić information content (AvgIpc) is 2.20. The zero-order valence-electron chi connectivity index (χ0n) is 7.95. The van der Waals surface area contributed by atoms with Crippen molar-refractivity contribution in [1.29, 1.82) is 0 Å². The number of aldehydes is 1. The van der Waals surface area contributed by atoms with Gasteiger partial charge in [-0.3, -0.25) is 4.79 Å². The van der Waals surface area contributed by atoms with Crippen LogP contribution in [0.25, 0.3) is 10.8 Å². The fourth-order valence-electron chi connectivity index (χ4n) is 1.74. The summed E-state index contributed by atoms with van der Waals surface area (Å²) in [5, 5.41) is 1.91. The van der Waals surface area contributed by atoms with Crippen molar-refractivity contribution in [1.82, 2.24) is 0 Å². The Hall–Kier alpha value is -1.83. The zero-order valence-corrected chi connectivity index (χ0v) is 7.95. The van der Waals surface area contributed by atoms with E-state index in [2.05, 4.69) is 0 Å². The molecule has 2 heteroatoms. The highest BCUT2D eigenvalue weighted by atomic mass is 16.1. The van der Waals surface area contributed by atoms with Gasteiger partial charge in [-0.15, -0.1) is 0 Å². The van der Waals surface area contributed by atoms with Gasteiger partial charge in [-0.2, -0.15) is 0 Å². The number of hydrogen-bond donors (Lipinski definition) is 1. The summed E-state index contributed by atoms with van der Waals surface area (Å²) in [5.41, 5.74) is 8.33. The summed E-state index contributed by atoms with van der Waals surface area (Å²) in [6, 6.07) is 9.39.